The second-order valence-corrected chi connectivity index (χ2v) is 6.75. The third kappa shape index (κ3) is 5.05. The van der Waals surface area contributed by atoms with Gasteiger partial charge in [-0.2, -0.15) is 4.98 Å². The summed E-state index contributed by atoms with van der Waals surface area (Å²) in [7, 11) is 0. The van der Waals surface area contributed by atoms with Gasteiger partial charge in [0.2, 0.25) is 5.88 Å². The monoisotopic (exact) mass is 386 g/mol. The van der Waals surface area contributed by atoms with Crippen LogP contribution < -0.4 is 14.2 Å². The lowest BCUT2D eigenvalue weighted by Gasteiger charge is -2.12. The quantitative estimate of drug-likeness (QED) is 0.354. The van der Waals surface area contributed by atoms with Gasteiger partial charge in [-0.25, -0.2) is 0 Å². The summed E-state index contributed by atoms with van der Waals surface area (Å²) in [5.74, 6) is 3.21. The molecule has 1 aromatic heterocycles. The molecule has 0 aliphatic heterocycles. The topological polar surface area (TPSA) is 43.4 Å². The van der Waals surface area contributed by atoms with Crippen LogP contribution >= 0.6 is 11.9 Å². The Morgan fingerprint density at radius 1 is 0.607 bits per heavy atom. The van der Waals surface area contributed by atoms with Gasteiger partial charge in [-0.15, -0.1) is 0 Å². The zero-order chi connectivity index (χ0) is 19.0. The Kier molecular flexibility index (Phi) is 5.75. The molecule has 0 spiro atoms. The molecule has 1 N–H and O–H groups in total. The number of rotatable bonds is 7. The molecule has 138 valence electrons. The van der Waals surface area contributed by atoms with Gasteiger partial charge in [0, 0.05) is 17.0 Å². The molecule has 0 amide bonds. The van der Waals surface area contributed by atoms with E-state index in [0.29, 0.717) is 23.2 Å². The Morgan fingerprint density at radius 3 is 1.82 bits per heavy atom. The third-order valence-corrected chi connectivity index (χ3v) is 4.56. The number of nitrogens with zero attached hydrogens (tertiary/aromatic N) is 1. The van der Waals surface area contributed by atoms with E-state index in [1.54, 1.807) is 6.07 Å². The molecule has 5 heteroatoms. The van der Waals surface area contributed by atoms with Crippen molar-refractivity contribution < 1.29 is 9.47 Å². The molecule has 0 bridgehead atoms. The molecule has 28 heavy (non-hydrogen) atoms. The van der Waals surface area contributed by atoms with E-state index in [4.69, 9.17) is 9.47 Å². The van der Waals surface area contributed by atoms with Crippen LogP contribution in [-0.4, -0.2) is 4.98 Å². The highest BCUT2D eigenvalue weighted by Crippen LogP contribution is 2.31. The number of ether oxygens (including phenoxy) is 2. The summed E-state index contributed by atoms with van der Waals surface area (Å²) in [4.78, 5) is 5.64. The molecule has 0 unspecified atom stereocenters. The first-order valence-electron chi connectivity index (χ1n) is 8.81. The highest BCUT2D eigenvalue weighted by Gasteiger charge is 2.08. The third-order valence-electron chi connectivity index (χ3n) is 3.74. The van der Waals surface area contributed by atoms with Crippen LogP contribution in [0.1, 0.15) is 0 Å². The van der Waals surface area contributed by atoms with Crippen molar-refractivity contribution in [3.05, 3.63) is 103 Å². The van der Waals surface area contributed by atoms with Crippen LogP contribution in [0.25, 0.3) is 0 Å². The fourth-order valence-electron chi connectivity index (χ4n) is 2.48. The van der Waals surface area contributed by atoms with Crippen LogP contribution in [0, 0.1) is 0 Å². The predicted molar refractivity (Wildman–Crippen MR) is 113 cm³/mol. The summed E-state index contributed by atoms with van der Waals surface area (Å²) in [5.41, 5.74) is 0. The first-order chi connectivity index (χ1) is 13.8. The largest absolute Gasteiger partial charge is 0.457 e. The maximum atomic E-state index is 5.98. The summed E-state index contributed by atoms with van der Waals surface area (Å²) in [6, 6.07) is 32.9. The zero-order valence-electron chi connectivity index (χ0n) is 15.0. The molecule has 0 radical (unpaired) electrons. The summed E-state index contributed by atoms with van der Waals surface area (Å²) in [6.07, 6.45) is 0. The Morgan fingerprint density at radius 2 is 1.18 bits per heavy atom. The van der Waals surface area contributed by atoms with Crippen LogP contribution in [-0.2, 0) is 0 Å². The maximum Gasteiger partial charge on any atom is 0.224 e. The lowest BCUT2D eigenvalue weighted by molar-refractivity contribution is 0.447. The molecule has 4 aromatic rings. The van der Waals surface area contributed by atoms with Crippen LogP contribution in [0.5, 0.6) is 23.1 Å². The van der Waals surface area contributed by atoms with Crippen LogP contribution in [0.3, 0.4) is 0 Å². The smallest absolute Gasteiger partial charge is 0.224 e. The van der Waals surface area contributed by atoms with Gasteiger partial charge < -0.3 is 14.2 Å². The van der Waals surface area contributed by atoms with Crippen molar-refractivity contribution in [2.75, 3.05) is 4.72 Å². The zero-order valence-corrected chi connectivity index (χ0v) is 15.8. The Labute approximate surface area is 168 Å². The molecule has 0 fully saturated rings. The van der Waals surface area contributed by atoms with Crippen molar-refractivity contribution in [3.63, 3.8) is 0 Å². The van der Waals surface area contributed by atoms with E-state index in [9.17, 15) is 0 Å². The summed E-state index contributed by atoms with van der Waals surface area (Å²) in [5, 5.41) is 0. The minimum atomic E-state index is 0.454. The molecule has 3 aromatic carbocycles. The summed E-state index contributed by atoms with van der Waals surface area (Å²) < 4.78 is 15.1. The van der Waals surface area contributed by atoms with Crippen LogP contribution in [0.15, 0.2) is 108 Å². The van der Waals surface area contributed by atoms with Crippen molar-refractivity contribution in [2.45, 2.75) is 4.90 Å². The van der Waals surface area contributed by atoms with Gasteiger partial charge in [-0.3, -0.25) is 0 Å². The molecular formula is C23H18N2O2S. The molecule has 4 rings (SSSR count). The first-order valence-corrected chi connectivity index (χ1v) is 9.63. The van der Waals surface area contributed by atoms with Gasteiger partial charge in [0.1, 0.15) is 23.1 Å². The van der Waals surface area contributed by atoms with Crippen LogP contribution in [0.4, 0.5) is 5.82 Å². The highest BCUT2D eigenvalue weighted by molar-refractivity contribution is 8.00. The van der Waals surface area contributed by atoms with Crippen molar-refractivity contribution in [1.29, 1.82) is 0 Å². The molecule has 0 aliphatic rings. The van der Waals surface area contributed by atoms with E-state index in [1.807, 2.05) is 97.1 Å². The van der Waals surface area contributed by atoms with E-state index < -0.39 is 0 Å². The van der Waals surface area contributed by atoms with Gasteiger partial charge in [0.15, 0.2) is 0 Å². The Balaban J connectivity index is 1.58. The lowest BCUT2D eigenvalue weighted by Crippen LogP contribution is -1.96. The van der Waals surface area contributed by atoms with E-state index in [1.165, 1.54) is 11.9 Å². The standard InChI is InChI=1S/C23H18N2O2S/c1-4-10-18(11-5-1)26-20-16-22(25-28-21-14-8-3-9-15-21)24-23(17-20)27-19-12-6-2-7-13-19/h1-17H,(H,24,25). The van der Waals surface area contributed by atoms with Crippen LogP contribution in [0.2, 0.25) is 0 Å². The van der Waals surface area contributed by atoms with Gasteiger partial charge in [0.05, 0.1) is 0 Å². The fourth-order valence-corrected chi connectivity index (χ4v) is 3.10. The van der Waals surface area contributed by atoms with E-state index >= 15 is 0 Å². The number of pyridine rings is 1. The van der Waals surface area contributed by atoms with Gasteiger partial charge >= 0.3 is 0 Å². The fraction of sp³-hybridized carbons (Fsp3) is 0. The predicted octanol–water partition coefficient (Wildman–Crippen LogP) is 6.79. The number of nitrogens with one attached hydrogen (secondary N) is 1. The average molecular weight is 386 g/mol. The van der Waals surface area contributed by atoms with E-state index in [2.05, 4.69) is 9.71 Å². The Hall–Kier alpha value is -3.44. The molecule has 4 nitrogen and oxygen atoms in total. The second-order valence-electron chi connectivity index (χ2n) is 5.87. The van der Waals surface area contributed by atoms with Crippen molar-refractivity contribution >= 4 is 17.8 Å². The van der Waals surface area contributed by atoms with Gasteiger partial charge in [-0.1, -0.05) is 54.6 Å². The molecule has 0 atom stereocenters. The highest BCUT2D eigenvalue weighted by atomic mass is 32.2. The minimum Gasteiger partial charge on any atom is -0.457 e. The SMILES string of the molecule is c1ccc(Oc2cc(NSc3ccccc3)nc(Oc3ccccc3)c2)cc1. The molecule has 0 saturated carbocycles. The average Bonchev–Trinajstić information content (AvgIpc) is 2.74. The molecule has 1 heterocycles. The summed E-state index contributed by atoms with van der Waals surface area (Å²) in [6.45, 7) is 0. The normalized spacial score (nSPS) is 10.3. The van der Waals surface area contributed by atoms with Gasteiger partial charge in [0.25, 0.3) is 0 Å². The van der Waals surface area contributed by atoms with Crippen molar-refractivity contribution in [3.8, 4) is 23.1 Å². The number of anilines is 1. The number of benzene rings is 3. The van der Waals surface area contributed by atoms with E-state index in [-0.39, 0.29) is 0 Å². The van der Waals surface area contributed by atoms with E-state index in [0.717, 1.165) is 10.6 Å². The van der Waals surface area contributed by atoms with Crippen molar-refractivity contribution in [2.24, 2.45) is 0 Å². The molecule has 0 saturated heterocycles. The van der Waals surface area contributed by atoms with Crippen molar-refractivity contribution in [1.82, 2.24) is 4.98 Å². The maximum absolute atomic E-state index is 5.98. The van der Waals surface area contributed by atoms with Gasteiger partial charge in [-0.05, 0) is 48.3 Å². The minimum absolute atomic E-state index is 0.454. The molecule has 0 aliphatic carbocycles. The Bertz CT molecular complexity index is 953. The number of aromatic nitrogens is 1. The number of hydrogen-bond acceptors (Lipinski definition) is 5. The number of para-hydroxylation sites is 2. The molecular weight excluding hydrogens is 368 g/mol. The first kappa shape index (κ1) is 17.9. The second kappa shape index (κ2) is 8.97. The number of hydrogen-bond donors (Lipinski definition) is 1. The lowest BCUT2D eigenvalue weighted by atomic mass is 10.3. The summed E-state index contributed by atoms with van der Waals surface area (Å²) >= 11 is 1.48.